The van der Waals surface area contributed by atoms with E-state index in [1.807, 2.05) is 0 Å². The molecule has 3 rings (SSSR count). The molecule has 2 aromatic rings. The van der Waals surface area contributed by atoms with E-state index in [2.05, 4.69) is 4.98 Å². The molecule has 0 spiro atoms. The Morgan fingerprint density at radius 1 is 1.19 bits per heavy atom. The highest BCUT2D eigenvalue weighted by Gasteiger charge is 2.34. The van der Waals surface area contributed by atoms with Crippen molar-refractivity contribution in [3.63, 3.8) is 0 Å². The van der Waals surface area contributed by atoms with Crippen LogP contribution in [0.4, 0.5) is 0 Å². The van der Waals surface area contributed by atoms with Crippen LogP contribution in [-0.2, 0) is 14.8 Å². The fourth-order valence-electron chi connectivity index (χ4n) is 2.79. The average Bonchev–Trinajstić information content (AvgIpc) is 2.54. The molecule has 2 heterocycles. The number of hydrogen-bond acceptors (Lipinski definition) is 4. The minimum atomic E-state index is -3.69. The minimum Gasteiger partial charge on any atom is -0.302 e. The quantitative estimate of drug-likeness (QED) is 0.813. The summed E-state index contributed by atoms with van der Waals surface area (Å²) in [6.07, 6.45) is 4.62. The van der Waals surface area contributed by atoms with Gasteiger partial charge in [0, 0.05) is 18.1 Å². The summed E-state index contributed by atoms with van der Waals surface area (Å²) in [5.74, 6) is 0. The maximum Gasteiger partial charge on any atom is 0.244 e. The first-order valence-electron chi connectivity index (χ1n) is 6.95. The fourth-order valence-corrected chi connectivity index (χ4v) is 4.63. The average molecular weight is 304 g/mol. The van der Waals surface area contributed by atoms with Crippen LogP contribution in [0.5, 0.6) is 0 Å². The van der Waals surface area contributed by atoms with E-state index in [4.69, 9.17) is 0 Å². The summed E-state index contributed by atoms with van der Waals surface area (Å²) in [5.41, 5.74) is 0.637. The molecule has 0 N–H and O–H groups in total. The van der Waals surface area contributed by atoms with Crippen LogP contribution in [-0.4, -0.2) is 36.6 Å². The minimum absolute atomic E-state index is 0.224. The lowest BCUT2D eigenvalue weighted by Gasteiger charge is -2.31. The van der Waals surface area contributed by atoms with E-state index in [0.717, 1.165) is 19.1 Å². The van der Waals surface area contributed by atoms with Crippen molar-refractivity contribution in [3.05, 3.63) is 36.5 Å². The molecule has 0 bridgehead atoms. The molecular formula is C15H16N2O3S. The van der Waals surface area contributed by atoms with Crippen LogP contribution in [0.15, 0.2) is 41.4 Å². The van der Waals surface area contributed by atoms with Crippen LogP contribution in [0.3, 0.4) is 0 Å². The summed E-state index contributed by atoms with van der Waals surface area (Å²) in [4.78, 5) is 15.6. The molecule has 6 heteroatoms. The van der Waals surface area contributed by atoms with Gasteiger partial charge in [-0.15, -0.1) is 0 Å². The number of benzene rings is 1. The van der Waals surface area contributed by atoms with Gasteiger partial charge in [-0.3, -0.25) is 4.98 Å². The van der Waals surface area contributed by atoms with Gasteiger partial charge < -0.3 is 4.79 Å². The smallest absolute Gasteiger partial charge is 0.244 e. The van der Waals surface area contributed by atoms with Crippen molar-refractivity contribution < 1.29 is 13.2 Å². The van der Waals surface area contributed by atoms with Crippen LogP contribution >= 0.6 is 0 Å². The van der Waals surface area contributed by atoms with Crippen LogP contribution in [0.25, 0.3) is 10.9 Å². The van der Waals surface area contributed by atoms with E-state index in [0.29, 0.717) is 23.9 Å². The molecule has 1 saturated heterocycles. The van der Waals surface area contributed by atoms with Crippen molar-refractivity contribution in [1.82, 2.24) is 9.29 Å². The number of carbonyl (C=O) groups is 1. The molecular weight excluding hydrogens is 288 g/mol. The van der Waals surface area contributed by atoms with Crippen molar-refractivity contribution in [3.8, 4) is 0 Å². The molecule has 1 aliphatic rings. The van der Waals surface area contributed by atoms with E-state index in [1.165, 1.54) is 4.31 Å². The summed E-state index contributed by atoms with van der Waals surface area (Å²) in [6.45, 7) is 0.391. The lowest BCUT2D eigenvalue weighted by atomic mass is 10.1. The lowest BCUT2D eigenvalue weighted by molar-refractivity contribution is -0.111. The van der Waals surface area contributed by atoms with Gasteiger partial charge in [0.25, 0.3) is 0 Å². The second-order valence-corrected chi connectivity index (χ2v) is 7.00. The topological polar surface area (TPSA) is 67.3 Å². The molecule has 0 saturated carbocycles. The summed E-state index contributed by atoms with van der Waals surface area (Å²) < 4.78 is 27.1. The van der Waals surface area contributed by atoms with E-state index in [9.17, 15) is 13.2 Å². The molecule has 1 aromatic heterocycles. The van der Waals surface area contributed by atoms with Crippen molar-refractivity contribution in [2.24, 2.45) is 0 Å². The number of aldehydes is 1. The number of sulfonamides is 1. The Bertz CT molecular complexity index is 768. The standard InChI is InChI=1S/C15H16N2O3S/c18-11-12-5-1-2-10-17(12)21(19,20)15-8-3-7-14-13(15)6-4-9-16-14/h3-4,6-9,11-12H,1-2,5,10H2. The molecule has 0 aliphatic carbocycles. The highest BCUT2D eigenvalue weighted by molar-refractivity contribution is 7.89. The first-order valence-corrected chi connectivity index (χ1v) is 8.39. The monoisotopic (exact) mass is 304 g/mol. The van der Waals surface area contributed by atoms with Crippen molar-refractivity contribution in [2.75, 3.05) is 6.54 Å². The van der Waals surface area contributed by atoms with E-state index < -0.39 is 16.1 Å². The molecule has 110 valence electrons. The molecule has 5 nitrogen and oxygen atoms in total. The molecule has 21 heavy (non-hydrogen) atoms. The van der Waals surface area contributed by atoms with Crippen molar-refractivity contribution >= 4 is 27.2 Å². The number of hydrogen-bond donors (Lipinski definition) is 0. The third kappa shape index (κ3) is 2.45. The third-order valence-electron chi connectivity index (χ3n) is 3.85. The predicted molar refractivity (Wildman–Crippen MR) is 79.3 cm³/mol. The fraction of sp³-hybridized carbons (Fsp3) is 0.333. The van der Waals surface area contributed by atoms with E-state index in [1.54, 1.807) is 36.5 Å². The van der Waals surface area contributed by atoms with Gasteiger partial charge in [-0.2, -0.15) is 4.31 Å². The Morgan fingerprint density at radius 2 is 2.05 bits per heavy atom. The second kappa shape index (κ2) is 5.54. The summed E-state index contributed by atoms with van der Waals surface area (Å²) in [6, 6.07) is 7.94. The zero-order valence-electron chi connectivity index (χ0n) is 11.5. The first kappa shape index (κ1) is 14.2. The van der Waals surface area contributed by atoms with Gasteiger partial charge >= 0.3 is 0 Å². The number of nitrogens with zero attached hydrogens (tertiary/aromatic N) is 2. The van der Waals surface area contributed by atoms with Crippen LogP contribution in [0.2, 0.25) is 0 Å². The molecule has 1 aromatic carbocycles. The first-order chi connectivity index (χ1) is 10.1. The largest absolute Gasteiger partial charge is 0.302 e. The summed E-state index contributed by atoms with van der Waals surface area (Å²) >= 11 is 0. The maximum absolute atomic E-state index is 12.9. The zero-order chi connectivity index (χ0) is 14.9. The van der Waals surface area contributed by atoms with Crippen molar-refractivity contribution in [2.45, 2.75) is 30.2 Å². The highest BCUT2D eigenvalue weighted by Crippen LogP contribution is 2.28. The molecule has 1 atom stereocenters. The number of aromatic nitrogens is 1. The van der Waals surface area contributed by atoms with Gasteiger partial charge in [0.05, 0.1) is 16.5 Å². The molecule has 0 radical (unpaired) electrons. The Balaban J connectivity index is 2.14. The molecule has 1 fully saturated rings. The van der Waals surface area contributed by atoms with E-state index in [-0.39, 0.29) is 4.90 Å². The van der Waals surface area contributed by atoms with E-state index >= 15 is 0 Å². The van der Waals surface area contributed by atoms with Gasteiger partial charge in [-0.1, -0.05) is 12.5 Å². The Hall–Kier alpha value is -1.79. The van der Waals surface area contributed by atoms with Crippen LogP contribution in [0, 0.1) is 0 Å². The normalized spacial score (nSPS) is 20.5. The number of piperidine rings is 1. The number of carbonyl (C=O) groups excluding carboxylic acids is 1. The molecule has 0 amide bonds. The predicted octanol–water partition coefficient (Wildman–Crippen LogP) is 1.98. The van der Waals surface area contributed by atoms with Gasteiger partial charge in [0.15, 0.2) is 0 Å². The summed E-state index contributed by atoms with van der Waals surface area (Å²) in [5, 5.41) is 0.593. The number of fused-ring (bicyclic) bond motifs is 1. The number of rotatable bonds is 3. The van der Waals surface area contributed by atoms with Gasteiger partial charge in [0.2, 0.25) is 10.0 Å². The summed E-state index contributed by atoms with van der Waals surface area (Å²) in [7, 11) is -3.69. The van der Waals surface area contributed by atoms with Gasteiger partial charge in [-0.05, 0) is 37.1 Å². The third-order valence-corrected chi connectivity index (χ3v) is 5.83. The van der Waals surface area contributed by atoms with Crippen LogP contribution < -0.4 is 0 Å². The van der Waals surface area contributed by atoms with Gasteiger partial charge in [-0.25, -0.2) is 8.42 Å². The maximum atomic E-state index is 12.9. The lowest BCUT2D eigenvalue weighted by Crippen LogP contribution is -2.44. The Labute approximate surface area is 123 Å². The zero-order valence-corrected chi connectivity index (χ0v) is 12.3. The molecule has 1 unspecified atom stereocenters. The Kier molecular flexibility index (Phi) is 3.73. The number of pyridine rings is 1. The molecule has 1 aliphatic heterocycles. The SMILES string of the molecule is O=CC1CCCCN1S(=O)(=O)c1cccc2ncccc12. The van der Waals surface area contributed by atoms with Crippen LogP contribution in [0.1, 0.15) is 19.3 Å². The second-order valence-electron chi connectivity index (χ2n) is 5.14. The van der Waals surface area contributed by atoms with Gasteiger partial charge in [0.1, 0.15) is 6.29 Å². The Morgan fingerprint density at radius 3 is 2.86 bits per heavy atom. The highest BCUT2D eigenvalue weighted by atomic mass is 32.2. The van der Waals surface area contributed by atoms with Crippen molar-refractivity contribution in [1.29, 1.82) is 0 Å².